The molecule has 2 aromatic carbocycles. The molecular formula is C32H30F4N2O7S. The van der Waals surface area contributed by atoms with E-state index in [2.05, 4.69) is 9.38 Å². The van der Waals surface area contributed by atoms with Crippen LogP contribution in [0.25, 0.3) is 22.1 Å². The topological polar surface area (TPSA) is 125 Å². The van der Waals surface area contributed by atoms with Crippen LogP contribution in [0.15, 0.2) is 57.7 Å². The highest BCUT2D eigenvalue weighted by atomic mass is 32.2. The summed E-state index contributed by atoms with van der Waals surface area (Å²) in [7, 11) is -4.05. The van der Waals surface area contributed by atoms with Gasteiger partial charge in [-0.3, -0.25) is 14.6 Å². The Morgan fingerprint density at radius 1 is 1.07 bits per heavy atom. The van der Waals surface area contributed by atoms with Gasteiger partial charge in [0.15, 0.2) is 11.6 Å². The van der Waals surface area contributed by atoms with Gasteiger partial charge in [0.2, 0.25) is 0 Å². The monoisotopic (exact) mass is 662 g/mol. The van der Waals surface area contributed by atoms with Gasteiger partial charge in [-0.2, -0.15) is 17.6 Å². The van der Waals surface area contributed by atoms with Crippen LogP contribution in [-0.2, 0) is 38.8 Å². The van der Waals surface area contributed by atoms with E-state index >= 15 is 4.39 Å². The van der Waals surface area contributed by atoms with Crippen molar-refractivity contribution < 1.29 is 49.5 Å². The molecule has 14 heteroatoms. The number of furan rings is 1. The Labute approximate surface area is 262 Å². The van der Waals surface area contributed by atoms with E-state index in [0.717, 1.165) is 12.4 Å². The van der Waals surface area contributed by atoms with E-state index in [4.69, 9.17) is 13.9 Å². The Bertz CT molecular complexity index is 1940. The summed E-state index contributed by atoms with van der Waals surface area (Å²) >= 11 is 0. The number of alkyl halides is 3. The van der Waals surface area contributed by atoms with Crippen LogP contribution >= 0.6 is 0 Å². The van der Waals surface area contributed by atoms with Crippen LogP contribution in [0.2, 0.25) is 0 Å². The maximum atomic E-state index is 15.8. The lowest BCUT2D eigenvalue weighted by atomic mass is 9.98. The Kier molecular flexibility index (Phi) is 9.71. The molecule has 0 bridgehead atoms. The summed E-state index contributed by atoms with van der Waals surface area (Å²) in [4.78, 5) is 28.0. The van der Waals surface area contributed by atoms with Crippen molar-refractivity contribution in [2.45, 2.75) is 58.6 Å². The van der Waals surface area contributed by atoms with Crippen molar-refractivity contribution in [2.24, 2.45) is 4.40 Å². The number of nitrogens with zero attached hydrogens (tertiary/aromatic N) is 2. The molecule has 0 atom stereocenters. The van der Waals surface area contributed by atoms with Crippen molar-refractivity contribution in [3.05, 3.63) is 82.6 Å². The molecule has 4 rings (SSSR count). The number of hydrogen-bond acceptors (Lipinski definition) is 8. The predicted octanol–water partition coefficient (Wildman–Crippen LogP) is 7.09. The largest absolute Gasteiger partial charge is 0.489 e. The number of carbonyl (C=O) groups excluding carboxylic acids is 2. The number of Topliss-reactive ketones (excluding diaryl/α,β-unsaturated/α-hetero) is 1. The van der Waals surface area contributed by atoms with Gasteiger partial charge in [-0.05, 0) is 64.4 Å². The lowest BCUT2D eigenvalue weighted by Gasteiger charge is -2.15. The number of carbonyl (C=O) groups is 2. The Balaban J connectivity index is 1.82. The Morgan fingerprint density at radius 2 is 1.78 bits per heavy atom. The summed E-state index contributed by atoms with van der Waals surface area (Å²) in [5.74, 6) is -1.76. The molecule has 46 heavy (non-hydrogen) atoms. The van der Waals surface area contributed by atoms with Crippen LogP contribution in [0, 0.1) is 5.82 Å². The van der Waals surface area contributed by atoms with Gasteiger partial charge in [0.1, 0.15) is 35.5 Å². The molecule has 0 aliphatic rings. The van der Waals surface area contributed by atoms with E-state index in [1.54, 1.807) is 6.92 Å². The van der Waals surface area contributed by atoms with E-state index in [-0.39, 0.29) is 64.4 Å². The molecule has 0 radical (unpaired) electrons. The molecule has 0 unspecified atom stereocenters. The number of halogens is 4. The number of ketones is 1. The third-order valence-corrected chi connectivity index (χ3v) is 8.77. The van der Waals surface area contributed by atoms with Gasteiger partial charge in [0.25, 0.3) is 10.0 Å². The normalized spacial score (nSPS) is 12.5. The van der Waals surface area contributed by atoms with Gasteiger partial charge < -0.3 is 13.9 Å². The fraction of sp³-hybridized carbons (Fsp3) is 0.312. The molecule has 0 amide bonds. The van der Waals surface area contributed by atoms with Crippen molar-refractivity contribution in [3.8, 4) is 16.9 Å². The minimum atomic E-state index is -4.82. The molecule has 0 aliphatic heterocycles. The zero-order chi connectivity index (χ0) is 34.0. The quantitative estimate of drug-likeness (QED) is 0.0763. The summed E-state index contributed by atoms with van der Waals surface area (Å²) in [6.07, 6.45) is -2.60. The number of hydrogen-bond donors (Lipinski definition) is 0. The first-order valence-electron chi connectivity index (χ1n) is 13.9. The second-order valence-electron chi connectivity index (χ2n) is 11.2. The maximum absolute atomic E-state index is 15.8. The number of aromatic nitrogens is 1. The first kappa shape index (κ1) is 34.3. The molecule has 2 aromatic heterocycles. The third-order valence-electron chi connectivity index (χ3n) is 6.84. The highest BCUT2D eigenvalue weighted by Crippen LogP contribution is 2.41. The number of sulfonamides is 1. The van der Waals surface area contributed by atoms with E-state index < -0.39 is 44.0 Å². The lowest BCUT2D eigenvalue weighted by Crippen LogP contribution is -2.25. The summed E-state index contributed by atoms with van der Waals surface area (Å²) in [5, 5.41) is -0.380. The van der Waals surface area contributed by atoms with Crippen LogP contribution in [-0.4, -0.2) is 42.7 Å². The second kappa shape index (κ2) is 13.0. The molecule has 0 aliphatic carbocycles. The van der Waals surface area contributed by atoms with Gasteiger partial charge in [-0.15, -0.1) is 0 Å². The van der Waals surface area contributed by atoms with E-state index in [1.807, 2.05) is 0 Å². The molecule has 2 heterocycles. The highest BCUT2D eigenvalue weighted by molar-refractivity contribution is 7.91. The molecule has 0 spiro atoms. The Hall–Kier alpha value is -4.59. The lowest BCUT2D eigenvalue weighted by molar-refractivity contribution is -0.142. The number of rotatable bonds is 10. The minimum absolute atomic E-state index is 0.0935. The molecular weight excluding hydrogens is 632 g/mol. The maximum Gasteiger partial charge on any atom is 0.420 e. The minimum Gasteiger partial charge on any atom is -0.489 e. The number of fused-ring (bicyclic) bond motifs is 1. The van der Waals surface area contributed by atoms with Gasteiger partial charge in [-0.1, -0.05) is 12.1 Å². The molecule has 4 aromatic rings. The Morgan fingerprint density at radius 3 is 2.41 bits per heavy atom. The summed E-state index contributed by atoms with van der Waals surface area (Å²) in [6.45, 7) is 7.00. The fourth-order valence-electron chi connectivity index (χ4n) is 4.32. The average Bonchev–Trinajstić information content (AvgIpc) is 3.40. The van der Waals surface area contributed by atoms with Gasteiger partial charge in [-0.25, -0.2) is 12.8 Å². The smallest absolute Gasteiger partial charge is 0.420 e. The molecule has 244 valence electrons. The fourth-order valence-corrected chi connectivity index (χ4v) is 4.87. The molecule has 0 saturated carbocycles. The van der Waals surface area contributed by atoms with Gasteiger partial charge in [0, 0.05) is 33.8 Å². The third kappa shape index (κ3) is 7.44. The summed E-state index contributed by atoms with van der Waals surface area (Å²) in [5.41, 5.74) is -1.38. The standard InChI is InChI=1S/C32H30F4N2O7S/c1-6-43-28(40)14-21-8-7-20(18(2)39)13-27(21)44-16-19-11-23(30-24(12-19)25(17-45-30)32(34,35)36)22-9-10-37-26(29(22)33)15-38-46(41,42)31(3,4)5/h7-13,15,17H,6,14,16H2,1-5H3. The average molecular weight is 663 g/mol. The highest BCUT2D eigenvalue weighted by Gasteiger charge is 2.36. The van der Waals surface area contributed by atoms with Crippen LogP contribution < -0.4 is 4.74 Å². The van der Waals surface area contributed by atoms with Crippen LogP contribution in [0.1, 0.15) is 67.4 Å². The molecule has 9 nitrogen and oxygen atoms in total. The number of esters is 1. The van der Waals surface area contributed by atoms with Crippen molar-refractivity contribution >= 4 is 39.0 Å². The zero-order valence-corrected chi connectivity index (χ0v) is 26.3. The molecule has 0 fully saturated rings. The second-order valence-corrected chi connectivity index (χ2v) is 13.6. The summed E-state index contributed by atoms with van der Waals surface area (Å²) < 4.78 is 101. The van der Waals surface area contributed by atoms with E-state index in [1.165, 1.54) is 64.1 Å². The van der Waals surface area contributed by atoms with E-state index in [9.17, 15) is 31.2 Å². The number of ether oxygens (including phenoxy) is 2. The predicted molar refractivity (Wildman–Crippen MR) is 162 cm³/mol. The zero-order valence-electron chi connectivity index (χ0n) is 25.5. The van der Waals surface area contributed by atoms with Crippen molar-refractivity contribution in [3.63, 3.8) is 0 Å². The number of benzene rings is 2. The van der Waals surface area contributed by atoms with Gasteiger partial charge in [0.05, 0.1) is 24.0 Å². The first-order valence-corrected chi connectivity index (χ1v) is 15.3. The summed E-state index contributed by atoms with van der Waals surface area (Å²) in [6, 6.07) is 8.18. The van der Waals surface area contributed by atoms with E-state index in [0.29, 0.717) is 11.8 Å². The van der Waals surface area contributed by atoms with Crippen molar-refractivity contribution in [1.82, 2.24) is 4.98 Å². The first-order chi connectivity index (χ1) is 21.4. The molecule has 0 N–H and O–H groups in total. The van der Waals surface area contributed by atoms with Crippen LogP contribution in [0.3, 0.4) is 0 Å². The van der Waals surface area contributed by atoms with Crippen LogP contribution in [0.5, 0.6) is 5.75 Å². The van der Waals surface area contributed by atoms with Crippen molar-refractivity contribution in [1.29, 1.82) is 0 Å². The van der Waals surface area contributed by atoms with Crippen molar-refractivity contribution in [2.75, 3.05) is 6.61 Å². The van der Waals surface area contributed by atoms with Gasteiger partial charge >= 0.3 is 12.1 Å². The van der Waals surface area contributed by atoms with Crippen LogP contribution in [0.4, 0.5) is 17.6 Å². The number of pyridine rings is 1. The molecule has 0 saturated heterocycles. The SMILES string of the molecule is CCOC(=O)Cc1ccc(C(C)=O)cc1OCc1cc(-c2ccnc(C=NS(=O)(=O)C(C)(C)C)c2F)c2occ(C(F)(F)F)c2c1.